The van der Waals surface area contributed by atoms with Gasteiger partial charge in [0.05, 0.1) is 27.4 Å². The number of ether oxygens (including phenoxy) is 5. The van der Waals surface area contributed by atoms with E-state index in [1.807, 2.05) is 78.9 Å². The quantitative estimate of drug-likeness (QED) is 0.0874. The van der Waals surface area contributed by atoms with Crippen molar-refractivity contribution in [3.05, 3.63) is 188 Å². The number of nitrogens with one attached hydrogen (secondary N) is 1. The smallest absolute Gasteiger partial charge is 0.330 e. The number of aliphatic hydroxyl groups is 1. The number of rotatable bonds is 13. The summed E-state index contributed by atoms with van der Waals surface area (Å²) < 4.78 is 32.7. The zero-order valence-corrected chi connectivity index (χ0v) is 35.5. The van der Waals surface area contributed by atoms with Crippen LogP contribution in [-0.4, -0.2) is 53.8 Å². The van der Waals surface area contributed by atoms with Gasteiger partial charge in [0.25, 0.3) is 5.56 Å². The maximum Gasteiger partial charge on any atom is 0.330 e. The summed E-state index contributed by atoms with van der Waals surface area (Å²) in [7, 11) is 3.24. The van der Waals surface area contributed by atoms with Crippen LogP contribution in [0.1, 0.15) is 54.8 Å². The highest BCUT2D eigenvalue weighted by atomic mass is 16.6. The zero-order chi connectivity index (χ0) is 43.2. The lowest BCUT2D eigenvalue weighted by Crippen LogP contribution is -2.41. The van der Waals surface area contributed by atoms with Crippen LogP contribution >= 0.6 is 0 Å². The third kappa shape index (κ3) is 7.64. The molecule has 2 unspecified atom stereocenters. The number of nitrogens with zero attached hydrogens (tertiary/aromatic N) is 1. The molecule has 2 heterocycles. The van der Waals surface area contributed by atoms with Gasteiger partial charge in [-0.3, -0.25) is 14.3 Å². The lowest BCUT2D eigenvalue weighted by atomic mass is 9.80. The molecule has 2 N–H and O–H groups in total. The van der Waals surface area contributed by atoms with E-state index in [2.05, 4.69) is 74.3 Å². The van der Waals surface area contributed by atoms with Crippen molar-refractivity contribution in [2.45, 2.75) is 63.9 Å². The highest BCUT2D eigenvalue weighted by Crippen LogP contribution is 2.44. The highest BCUT2D eigenvalue weighted by molar-refractivity contribution is 6.23. The third-order valence-electron chi connectivity index (χ3n) is 12.0. The molecule has 316 valence electrons. The number of aromatic nitrogens is 2. The van der Waals surface area contributed by atoms with Crippen LogP contribution in [0.2, 0.25) is 0 Å². The summed E-state index contributed by atoms with van der Waals surface area (Å²) >= 11 is 0. The second-order valence-corrected chi connectivity index (χ2v) is 17.3. The molecule has 4 atom stereocenters. The van der Waals surface area contributed by atoms with E-state index in [0.717, 1.165) is 44.8 Å². The number of hydrogen-bond acceptors (Lipinski definition) is 8. The molecule has 1 aromatic heterocycles. The normalized spacial score (nSPS) is 18.2. The fraction of sp³-hybridized carbons (Fsp3) is 0.269. The highest BCUT2D eigenvalue weighted by Gasteiger charge is 2.48. The van der Waals surface area contributed by atoms with E-state index in [1.54, 1.807) is 14.2 Å². The van der Waals surface area contributed by atoms with Crippen LogP contribution < -0.4 is 20.7 Å². The first kappa shape index (κ1) is 41.1. The molecular weight excluding hydrogens is 781 g/mol. The van der Waals surface area contributed by atoms with Crippen LogP contribution in [-0.2, 0) is 32.8 Å². The molecule has 1 aliphatic heterocycles. The molecule has 0 aliphatic carbocycles. The van der Waals surface area contributed by atoms with Crippen molar-refractivity contribution in [3.63, 3.8) is 0 Å². The lowest BCUT2D eigenvalue weighted by Gasteiger charge is -2.37. The Balaban J connectivity index is 1.07. The van der Waals surface area contributed by atoms with E-state index < -0.39 is 41.4 Å². The van der Waals surface area contributed by atoms with Crippen LogP contribution in [0.4, 0.5) is 0 Å². The van der Waals surface area contributed by atoms with Crippen molar-refractivity contribution in [1.82, 2.24) is 9.55 Å². The molecule has 10 nitrogen and oxygen atoms in total. The van der Waals surface area contributed by atoms with Crippen LogP contribution in [0.25, 0.3) is 32.3 Å². The zero-order valence-electron chi connectivity index (χ0n) is 35.5. The minimum Gasteiger partial charge on any atom is -0.497 e. The summed E-state index contributed by atoms with van der Waals surface area (Å²) in [6.45, 7) is 6.77. The average Bonchev–Trinajstić information content (AvgIpc) is 3.58. The van der Waals surface area contributed by atoms with Crippen LogP contribution in [0.3, 0.4) is 0 Å². The Hall–Kier alpha value is -6.30. The summed E-state index contributed by atoms with van der Waals surface area (Å²) in [6.07, 6.45) is -2.01. The summed E-state index contributed by atoms with van der Waals surface area (Å²) in [5.41, 5.74) is 2.41. The van der Waals surface area contributed by atoms with E-state index >= 15 is 0 Å². The predicted octanol–water partition coefficient (Wildman–Crippen LogP) is 8.89. The van der Waals surface area contributed by atoms with Crippen LogP contribution in [0.5, 0.6) is 11.5 Å². The monoisotopic (exact) mass is 830 g/mol. The van der Waals surface area contributed by atoms with Gasteiger partial charge in [-0.2, -0.15) is 0 Å². The fourth-order valence-corrected chi connectivity index (χ4v) is 9.14. The molecule has 62 heavy (non-hydrogen) atoms. The number of aromatic amines is 1. The fourth-order valence-electron chi connectivity index (χ4n) is 9.14. The SMILES string of the molecule is COc1ccc(C(OC[C@@H]2O[C@H](n3ccc(=O)[nH]c3=O)C(OCc3ccc4ccc5cc(CC(C)(C)C)cc6ccc3c4c56)C2O)(c2ccccc2)c2ccc(OC)cc2)cc1. The topological polar surface area (TPSA) is 121 Å². The number of H-pyrrole nitrogens is 1. The molecule has 7 aromatic carbocycles. The van der Waals surface area contributed by atoms with Gasteiger partial charge >= 0.3 is 5.69 Å². The second-order valence-electron chi connectivity index (χ2n) is 17.3. The summed E-state index contributed by atoms with van der Waals surface area (Å²) in [5.74, 6) is 1.37. The first-order chi connectivity index (χ1) is 30.0. The van der Waals surface area contributed by atoms with E-state index in [4.69, 9.17) is 23.7 Å². The molecule has 0 radical (unpaired) electrons. The molecule has 0 saturated carbocycles. The van der Waals surface area contributed by atoms with Crippen molar-refractivity contribution >= 4 is 32.3 Å². The Bertz CT molecular complexity index is 2890. The average molecular weight is 831 g/mol. The number of benzene rings is 7. The van der Waals surface area contributed by atoms with E-state index in [-0.39, 0.29) is 18.6 Å². The molecule has 10 heteroatoms. The molecule has 0 spiro atoms. The first-order valence-electron chi connectivity index (χ1n) is 20.9. The molecule has 1 saturated heterocycles. The molecule has 1 fully saturated rings. The summed E-state index contributed by atoms with van der Waals surface area (Å²) in [6, 6.07) is 43.9. The maximum atomic E-state index is 13.3. The van der Waals surface area contributed by atoms with E-state index in [9.17, 15) is 14.7 Å². The van der Waals surface area contributed by atoms with Crippen LogP contribution in [0, 0.1) is 5.41 Å². The van der Waals surface area contributed by atoms with Gasteiger partial charge in [0.2, 0.25) is 0 Å². The number of aliphatic hydroxyl groups excluding tert-OH is 1. The minimum atomic E-state index is -1.25. The molecule has 1 aliphatic rings. The Kier molecular flexibility index (Phi) is 10.9. The van der Waals surface area contributed by atoms with Gasteiger partial charge in [-0.1, -0.05) is 124 Å². The van der Waals surface area contributed by atoms with Crippen molar-refractivity contribution in [1.29, 1.82) is 0 Å². The molecule has 8 aromatic rings. The molecule has 9 rings (SSSR count). The molecular formula is C52H50N2O8. The van der Waals surface area contributed by atoms with Crippen molar-refractivity contribution in [3.8, 4) is 11.5 Å². The van der Waals surface area contributed by atoms with Gasteiger partial charge in [0, 0.05) is 12.3 Å². The lowest BCUT2D eigenvalue weighted by molar-refractivity contribution is -0.0991. The van der Waals surface area contributed by atoms with Crippen molar-refractivity contribution in [2.75, 3.05) is 20.8 Å². The van der Waals surface area contributed by atoms with Gasteiger partial charge in [0.1, 0.15) is 35.4 Å². The van der Waals surface area contributed by atoms with E-state index in [0.29, 0.717) is 11.5 Å². The van der Waals surface area contributed by atoms with E-state index in [1.165, 1.54) is 38.6 Å². The van der Waals surface area contributed by atoms with Crippen molar-refractivity contribution < 1.29 is 28.8 Å². The maximum absolute atomic E-state index is 13.3. The van der Waals surface area contributed by atoms with Gasteiger partial charge in [-0.15, -0.1) is 0 Å². The minimum absolute atomic E-state index is 0.113. The standard InChI is InChI=1S/C52H50N2O8/c1-51(2,3)29-32-27-34-13-11-33-12-14-36(42-24-15-35(28-32)45(34)46(33)42)30-60-48-47(56)43(62-49(48)54-26-25-44(55)53-50(54)57)31-61-52(37-9-7-6-8-10-37,38-16-20-40(58-4)21-17-38)39-18-22-41(59-5)23-19-39/h6-28,43,47-49,56H,29-31H2,1-5H3,(H,53,55,57)/t43-,47?,48?,49-/m0/s1. The Labute approximate surface area is 359 Å². The first-order valence-corrected chi connectivity index (χ1v) is 20.9. The summed E-state index contributed by atoms with van der Waals surface area (Å²) in [4.78, 5) is 27.9. The number of hydrogen-bond donors (Lipinski definition) is 2. The third-order valence-corrected chi connectivity index (χ3v) is 12.0. The van der Waals surface area contributed by atoms with Gasteiger partial charge in [0.15, 0.2) is 6.23 Å². The Morgan fingerprint density at radius 3 is 1.92 bits per heavy atom. The molecule has 0 bridgehead atoms. The number of methoxy groups -OCH3 is 2. The van der Waals surface area contributed by atoms with Gasteiger partial charge in [-0.25, -0.2) is 4.79 Å². The largest absolute Gasteiger partial charge is 0.497 e. The molecule has 0 amide bonds. The Morgan fingerprint density at radius 1 is 0.710 bits per heavy atom. The van der Waals surface area contributed by atoms with Crippen LogP contribution in [0.15, 0.2) is 149 Å². The predicted molar refractivity (Wildman–Crippen MR) is 241 cm³/mol. The Morgan fingerprint density at radius 2 is 1.31 bits per heavy atom. The van der Waals surface area contributed by atoms with Gasteiger partial charge < -0.3 is 28.8 Å². The van der Waals surface area contributed by atoms with Gasteiger partial charge in [-0.05, 0) is 96.2 Å². The summed E-state index contributed by atoms with van der Waals surface area (Å²) in [5, 5.41) is 19.1. The second kappa shape index (κ2) is 16.5. The van der Waals surface area contributed by atoms with Crippen molar-refractivity contribution in [2.24, 2.45) is 5.41 Å².